The molecule has 0 radical (unpaired) electrons. The number of anilines is 3. The van der Waals surface area contributed by atoms with Crippen LogP contribution in [0.5, 0.6) is 0 Å². The second kappa shape index (κ2) is 5.77. The fourth-order valence-electron chi connectivity index (χ4n) is 2.93. The highest BCUT2D eigenvalue weighted by Crippen LogP contribution is 2.45. The van der Waals surface area contributed by atoms with Gasteiger partial charge in [-0.15, -0.1) is 0 Å². The Bertz CT molecular complexity index is 749. The topological polar surface area (TPSA) is 112 Å². The van der Waals surface area contributed by atoms with E-state index in [2.05, 4.69) is 46.9 Å². The van der Waals surface area contributed by atoms with Gasteiger partial charge in [-0.25, -0.2) is 0 Å². The third kappa shape index (κ3) is 2.52. The molecule has 1 aromatic heterocycles. The first kappa shape index (κ1) is 17.1. The molecule has 0 fully saturated rings. The average Bonchev–Trinajstić information content (AvgIpc) is 2.98. The Labute approximate surface area is 139 Å². The van der Waals surface area contributed by atoms with E-state index in [-0.39, 0.29) is 22.5 Å². The Hall–Kier alpha value is -2.22. The molecule has 2 aromatic rings. The number of hydrogen-bond acceptors (Lipinski definition) is 4. The van der Waals surface area contributed by atoms with E-state index >= 15 is 0 Å². The summed E-state index contributed by atoms with van der Waals surface area (Å²) in [4.78, 5) is 4.95. The van der Waals surface area contributed by atoms with Gasteiger partial charge in [0.05, 0.1) is 16.4 Å². The third-order valence-corrected chi connectivity index (χ3v) is 4.90. The van der Waals surface area contributed by atoms with E-state index in [1.54, 1.807) is 0 Å². The minimum Gasteiger partial charge on any atom is -0.412 e. The molecule has 0 spiro atoms. The molecule has 23 heavy (non-hydrogen) atoms. The zero-order chi connectivity index (χ0) is 14.6. The first-order valence-corrected chi connectivity index (χ1v) is 7.39. The van der Waals surface area contributed by atoms with Crippen LogP contribution in [-0.2, 0) is 5.41 Å². The van der Waals surface area contributed by atoms with Gasteiger partial charge in [-0.2, -0.15) is 0 Å². The molecule has 6 nitrogen and oxygen atoms in total. The van der Waals surface area contributed by atoms with E-state index in [1.165, 1.54) is 11.1 Å². The number of aromatic nitrogens is 1. The number of nitrogens with one attached hydrogen (secondary N) is 3. The van der Waals surface area contributed by atoms with Crippen molar-refractivity contribution in [2.75, 3.05) is 16.0 Å². The van der Waals surface area contributed by atoms with E-state index < -0.39 is 0 Å². The lowest BCUT2D eigenvalue weighted by molar-refractivity contribution is 0.748. The highest BCUT2D eigenvalue weighted by Gasteiger charge is 2.37. The number of thiocarbonyl (C=S) groups is 1. The summed E-state index contributed by atoms with van der Waals surface area (Å²) in [7, 11) is 0. The average molecular weight is 332 g/mol. The zero-order valence-corrected chi connectivity index (χ0v) is 13.7. The van der Waals surface area contributed by atoms with Gasteiger partial charge in [0.1, 0.15) is 6.17 Å². The van der Waals surface area contributed by atoms with Crippen molar-refractivity contribution in [2.45, 2.75) is 25.4 Å². The van der Waals surface area contributed by atoms with Crippen LogP contribution in [0.4, 0.5) is 17.1 Å². The summed E-state index contributed by atoms with van der Waals surface area (Å²) in [5.74, 6) is 0. The minimum atomic E-state index is -0.115. The third-order valence-electron chi connectivity index (χ3n) is 4.29. The number of hydrogen-bond donors (Lipinski definition) is 3. The standard InChI is InChI=1S/C16H16N4S.2H2O/c1-16(2)10-7-12-13(8-11(10)20-15(16)21)19-14(18-12)9-3-5-17-6-4-9;;/h3-8,14,18-19H,1-2H3,(H,20,21);2*1H2. The molecule has 7 N–H and O–H groups in total. The zero-order valence-electron chi connectivity index (χ0n) is 12.9. The first-order chi connectivity index (χ1) is 10.1. The fraction of sp³-hybridized carbons (Fsp3) is 0.250. The molecular formula is C16H20N4O2S. The number of nitrogens with zero attached hydrogens (tertiary/aromatic N) is 1. The Morgan fingerprint density at radius 2 is 1.61 bits per heavy atom. The molecular weight excluding hydrogens is 312 g/mol. The van der Waals surface area contributed by atoms with Crippen molar-refractivity contribution >= 4 is 34.3 Å². The predicted molar refractivity (Wildman–Crippen MR) is 97.1 cm³/mol. The van der Waals surface area contributed by atoms with Crippen LogP contribution in [0, 0.1) is 0 Å². The van der Waals surface area contributed by atoms with Gasteiger partial charge in [0.15, 0.2) is 0 Å². The Balaban J connectivity index is 0.000000960. The van der Waals surface area contributed by atoms with Gasteiger partial charge >= 0.3 is 0 Å². The van der Waals surface area contributed by atoms with Crippen LogP contribution in [0.15, 0.2) is 36.7 Å². The lowest BCUT2D eigenvalue weighted by Crippen LogP contribution is -2.25. The maximum absolute atomic E-state index is 5.44. The van der Waals surface area contributed by atoms with Crippen molar-refractivity contribution in [3.63, 3.8) is 0 Å². The smallest absolute Gasteiger partial charge is 0.123 e. The predicted octanol–water partition coefficient (Wildman–Crippen LogP) is 2.00. The second-order valence-electron chi connectivity index (χ2n) is 6.02. The quantitative estimate of drug-likeness (QED) is 0.691. The van der Waals surface area contributed by atoms with Gasteiger partial charge < -0.3 is 26.9 Å². The molecule has 4 rings (SSSR count). The summed E-state index contributed by atoms with van der Waals surface area (Å²) < 4.78 is 0. The summed E-state index contributed by atoms with van der Waals surface area (Å²) in [6.07, 6.45) is 3.70. The van der Waals surface area contributed by atoms with Crippen LogP contribution in [0.25, 0.3) is 0 Å². The van der Waals surface area contributed by atoms with Crippen LogP contribution in [0.3, 0.4) is 0 Å². The lowest BCUT2D eigenvalue weighted by atomic mass is 9.86. The van der Waals surface area contributed by atoms with Crippen LogP contribution in [0.2, 0.25) is 0 Å². The van der Waals surface area contributed by atoms with Gasteiger partial charge in [-0.1, -0.05) is 12.2 Å². The Kier molecular flexibility index (Phi) is 4.30. The molecule has 0 aliphatic carbocycles. The van der Waals surface area contributed by atoms with Crippen LogP contribution in [-0.4, -0.2) is 20.9 Å². The van der Waals surface area contributed by atoms with E-state index in [1.807, 2.05) is 24.5 Å². The van der Waals surface area contributed by atoms with Crippen molar-refractivity contribution in [3.8, 4) is 0 Å². The van der Waals surface area contributed by atoms with Gasteiger partial charge in [0.2, 0.25) is 0 Å². The fourth-order valence-corrected chi connectivity index (χ4v) is 3.15. The summed E-state index contributed by atoms with van der Waals surface area (Å²) >= 11 is 5.44. The molecule has 0 saturated heterocycles. The van der Waals surface area contributed by atoms with Gasteiger partial charge in [0, 0.05) is 23.5 Å². The minimum absolute atomic E-state index is 0. The van der Waals surface area contributed by atoms with E-state index in [0.717, 1.165) is 22.1 Å². The monoisotopic (exact) mass is 332 g/mol. The SMILES string of the molecule is CC1(C)C(=S)Nc2cc3c(cc21)NC(c1ccncc1)N3.O.O. The van der Waals surface area contributed by atoms with Crippen molar-refractivity contribution in [1.82, 2.24) is 4.98 Å². The van der Waals surface area contributed by atoms with Crippen LogP contribution >= 0.6 is 12.2 Å². The molecule has 1 atom stereocenters. The molecule has 0 bridgehead atoms. The highest BCUT2D eigenvalue weighted by atomic mass is 32.1. The number of fused-ring (bicyclic) bond motifs is 2. The molecule has 1 aromatic carbocycles. The summed E-state index contributed by atoms with van der Waals surface area (Å²) in [6.45, 7) is 4.31. The second-order valence-corrected chi connectivity index (χ2v) is 6.43. The summed E-state index contributed by atoms with van der Waals surface area (Å²) in [5, 5.41) is 10.3. The van der Waals surface area contributed by atoms with E-state index in [9.17, 15) is 0 Å². The number of pyridine rings is 1. The molecule has 2 aliphatic rings. The number of rotatable bonds is 1. The molecule has 2 aliphatic heterocycles. The maximum atomic E-state index is 5.44. The normalized spacial score (nSPS) is 19.2. The number of benzene rings is 1. The van der Waals surface area contributed by atoms with Gasteiger partial charge in [0.25, 0.3) is 0 Å². The Morgan fingerprint density at radius 3 is 2.26 bits per heavy atom. The molecule has 1 unspecified atom stereocenters. The largest absolute Gasteiger partial charge is 0.412 e. The van der Waals surface area contributed by atoms with E-state index in [4.69, 9.17) is 12.2 Å². The van der Waals surface area contributed by atoms with Crippen molar-refractivity contribution in [2.24, 2.45) is 0 Å². The molecule has 0 amide bonds. The summed E-state index contributed by atoms with van der Waals surface area (Å²) in [5.41, 5.74) is 5.63. The van der Waals surface area contributed by atoms with Gasteiger partial charge in [-0.3, -0.25) is 4.98 Å². The maximum Gasteiger partial charge on any atom is 0.123 e. The van der Waals surface area contributed by atoms with Crippen LogP contribution < -0.4 is 16.0 Å². The highest BCUT2D eigenvalue weighted by molar-refractivity contribution is 7.80. The van der Waals surface area contributed by atoms with Gasteiger partial charge in [-0.05, 0) is 49.2 Å². The molecule has 0 saturated carbocycles. The van der Waals surface area contributed by atoms with Crippen molar-refractivity contribution in [1.29, 1.82) is 0 Å². The van der Waals surface area contributed by atoms with Crippen molar-refractivity contribution in [3.05, 3.63) is 47.8 Å². The lowest BCUT2D eigenvalue weighted by Gasteiger charge is -2.18. The molecule has 3 heterocycles. The van der Waals surface area contributed by atoms with Crippen molar-refractivity contribution < 1.29 is 11.0 Å². The molecule has 122 valence electrons. The van der Waals surface area contributed by atoms with E-state index in [0.29, 0.717) is 0 Å². The molecule has 7 heteroatoms. The summed E-state index contributed by atoms with van der Waals surface area (Å²) in [6, 6.07) is 8.37. The Morgan fingerprint density at radius 1 is 1.00 bits per heavy atom. The first-order valence-electron chi connectivity index (χ1n) is 6.99. The van der Waals surface area contributed by atoms with Crippen LogP contribution in [0.1, 0.15) is 31.1 Å².